The Bertz CT molecular complexity index is 1630. The first-order chi connectivity index (χ1) is 18.7. The predicted molar refractivity (Wildman–Crippen MR) is 146 cm³/mol. The summed E-state index contributed by atoms with van der Waals surface area (Å²) in [6.07, 6.45) is 1.65. The molecule has 0 saturated carbocycles. The van der Waals surface area contributed by atoms with Crippen molar-refractivity contribution in [2.75, 3.05) is 11.5 Å². The van der Waals surface area contributed by atoms with Gasteiger partial charge in [-0.3, -0.25) is 9.59 Å². The van der Waals surface area contributed by atoms with Gasteiger partial charge in [0.15, 0.2) is 5.60 Å². The number of aromatic nitrogens is 2. The summed E-state index contributed by atoms with van der Waals surface area (Å²) in [6, 6.07) is 2.76. The molecule has 0 spiro atoms. The number of rotatable bonds is 6. The Balaban J connectivity index is 1.56. The van der Waals surface area contributed by atoms with E-state index in [1.807, 2.05) is 0 Å². The van der Waals surface area contributed by atoms with Crippen LogP contribution in [0, 0.1) is 12.7 Å². The minimum atomic E-state index is -1.93. The number of fused-ring (bicyclic) bond motifs is 5. The number of amides is 1. The maximum absolute atomic E-state index is 15.0. The summed E-state index contributed by atoms with van der Waals surface area (Å²) in [5, 5.41) is 15.2. The molecule has 39 heavy (non-hydrogen) atoms. The first-order valence-electron chi connectivity index (χ1n) is 13.4. The third-order valence-corrected chi connectivity index (χ3v) is 9.29. The first kappa shape index (κ1) is 26.0. The van der Waals surface area contributed by atoms with Gasteiger partial charge in [-0.05, 0) is 54.7 Å². The monoisotopic (exact) mass is 551 g/mol. The number of ether oxygens (including phenoxy) is 1. The standard InChI is InChI=1S/C29H30FN3O5S/c1-4-29(37)18-10-22-26-16(12-33(22)27(35)17(18)13-38-28(29)36)25-20(31-23(34)8-9-39-5-2)7-6-15-14(3)19(30)11-21(32-26)24(15)25/h10-11,20,37H,4-9,12-13H2,1-3H3,(H,31,34)/t20-,29-/m0/s1. The lowest BCUT2D eigenvalue weighted by Gasteiger charge is -2.31. The maximum Gasteiger partial charge on any atom is 0.343 e. The molecular weight excluding hydrogens is 521 g/mol. The van der Waals surface area contributed by atoms with E-state index >= 15 is 4.39 Å². The van der Waals surface area contributed by atoms with Crippen molar-refractivity contribution >= 4 is 34.5 Å². The van der Waals surface area contributed by atoms with E-state index in [9.17, 15) is 19.5 Å². The minimum Gasteiger partial charge on any atom is -0.458 e. The molecule has 1 aliphatic carbocycles. The highest BCUT2D eigenvalue weighted by molar-refractivity contribution is 7.99. The molecule has 2 aromatic heterocycles. The molecule has 2 aliphatic heterocycles. The number of aryl methyl sites for hydroxylation is 1. The Labute approximate surface area is 229 Å². The first-order valence-corrected chi connectivity index (χ1v) is 14.5. The molecule has 0 radical (unpaired) electrons. The lowest BCUT2D eigenvalue weighted by molar-refractivity contribution is -0.172. The van der Waals surface area contributed by atoms with E-state index in [0.29, 0.717) is 41.7 Å². The highest BCUT2D eigenvalue weighted by Crippen LogP contribution is 2.45. The van der Waals surface area contributed by atoms with Gasteiger partial charge >= 0.3 is 5.97 Å². The Morgan fingerprint density at radius 3 is 2.82 bits per heavy atom. The van der Waals surface area contributed by atoms with Crippen LogP contribution in [0.3, 0.4) is 0 Å². The number of hydrogen-bond acceptors (Lipinski definition) is 7. The van der Waals surface area contributed by atoms with Crippen LogP contribution in [-0.4, -0.2) is 38.0 Å². The van der Waals surface area contributed by atoms with Gasteiger partial charge in [-0.25, -0.2) is 14.2 Å². The highest BCUT2D eigenvalue weighted by Gasteiger charge is 2.46. The molecule has 2 atom stereocenters. The van der Waals surface area contributed by atoms with Crippen LogP contribution in [0.15, 0.2) is 16.9 Å². The van der Waals surface area contributed by atoms with E-state index in [4.69, 9.17) is 9.72 Å². The van der Waals surface area contributed by atoms with E-state index in [1.165, 1.54) is 6.07 Å². The normalized spacial score (nSPS) is 20.8. The zero-order valence-electron chi connectivity index (χ0n) is 22.1. The molecule has 204 valence electrons. The Morgan fingerprint density at radius 2 is 2.08 bits per heavy atom. The van der Waals surface area contributed by atoms with Crippen LogP contribution in [0.2, 0.25) is 0 Å². The summed E-state index contributed by atoms with van der Waals surface area (Å²) in [5.41, 5.74) is 2.75. The fourth-order valence-electron chi connectivity index (χ4n) is 6.27. The summed E-state index contributed by atoms with van der Waals surface area (Å²) in [5.74, 6) is 0.488. The zero-order valence-corrected chi connectivity index (χ0v) is 23.0. The Morgan fingerprint density at radius 1 is 1.28 bits per heavy atom. The summed E-state index contributed by atoms with van der Waals surface area (Å²) in [7, 11) is 0. The number of nitrogens with one attached hydrogen (secondary N) is 1. The molecule has 3 aromatic rings. The maximum atomic E-state index is 15.0. The number of pyridine rings is 2. The lowest BCUT2D eigenvalue weighted by Crippen LogP contribution is -2.44. The van der Waals surface area contributed by atoms with Crippen LogP contribution in [0.4, 0.5) is 4.39 Å². The number of cyclic esters (lactones) is 1. The van der Waals surface area contributed by atoms with Crippen LogP contribution < -0.4 is 10.9 Å². The van der Waals surface area contributed by atoms with Crippen LogP contribution in [0.25, 0.3) is 22.3 Å². The van der Waals surface area contributed by atoms with Crippen molar-refractivity contribution < 1.29 is 23.8 Å². The van der Waals surface area contributed by atoms with Gasteiger partial charge < -0.3 is 19.7 Å². The predicted octanol–water partition coefficient (Wildman–Crippen LogP) is 3.77. The van der Waals surface area contributed by atoms with Gasteiger partial charge in [0.2, 0.25) is 5.91 Å². The van der Waals surface area contributed by atoms with Gasteiger partial charge in [-0.1, -0.05) is 13.8 Å². The van der Waals surface area contributed by atoms with E-state index in [2.05, 4.69) is 12.2 Å². The highest BCUT2D eigenvalue weighted by atomic mass is 32.2. The second-order valence-corrected chi connectivity index (χ2v) is 11.8. The number of carbonyl (C=O) groups excluding carboxylic acids is 2. The molecule has 0 unspecified atom stereocenters. The average Bonchev–Trinajstić information content (AvgIpc) is 3.29. The van der Waals surface area contributed by atoms with E-state index in [1.54, 1.807) is 36.2 Å². The number of esters is 1. The van der Waals surface area contributed by atoms with Gasteiger partial charge in [0.1, 0.15) is 12.4 Å². The summed E-state index contributed by atoms with van der Waals surface area (Å²) in [4.78, 5) is 43.9. The third kappa shape index (κ3) is 3.82. The molecule has 4 heterocycles. The second kappa shape index (κ2) is 9.45. The van der Waals surface area contributed by atoms with Crippen LogP contribution in [-0.2, 0) is 39.5 Å². The SMILES string of the molecule is CCSCCC(=O)N[C@H]1CCc2c(C)c(F)cc3nc4c(c1c23)Cn1c-4cc2c(c1=O)COC(=O)[C@]2(O)CC. The molecule has 10 heteroatoms. The van der Waals surface area contributed by atoms with Gasteiger partial charge in [-0.15, -0.1) is 0 Å². The topological polar surface area (TPSA) is 111 Å². The van der Waals surface area contributed by atoms with Crippen molar-refractivity contribution in [3.8, 4) is 11.4 Å². The molecule has 0 saturated heterocycles. The number of thioether (sulfide) groups is 1. The van der Waals surface area contributed by atoms with Crippen molar-refractivity contribution in [2.24, 2.45) is 0 Å². The molecular formula is C29H30FN3O5S. The summed E-state index contributed by atoms with van der Waals surface area (Å²) in [6.45, 7) is 5.49. The molecule has 0 fully saturated rings. The number of halogens is 1. The number of hydrogen-bond donors (Lipinski definition) is 2. The minimum absolute atomic E-state index is 0.0449. The third-order valence-electron chi connectivity index (χ3n) is 8.39. The van der Waals surface area contributed by atoms with Crippen LogP contribution in [0.1, 0.15) is 72.5 Å². The Kier molecular flexibility index (Phi) is 6.30. The molecule has 6 rings (SSSR count). The molecule has 1 aromatic carbocycles. The molecule has 0 bridgehead atoms. The van der Waals surface area contributed by atoms with Gasteiger partial charge in [0, 0.05) is 34.8 Å². The summed E-state index contributed by atoms with van der Waals surface area (Å²) < 4.78 is 21.8. The second-order valence-electron chi connectivity index (χ2n) is 10.4. The van der Waals surface area contributed by atoms with E-state index < -0.39 is 11.6 Å². The van der Waals surface area contributed by atoms with Crippen molar-refractivity contribution in [2.45, 2.75) is 71.2 Å². The van der Waals surface area contributed by atoms with Crippen molar-refractivity contribution in [1.82, 2.24) is 14.9 Å². The fraction of sp³-hybridized carbons (Fsp3) is 0.448. The molecule has 3 aliphatic rings. The van der Waals surface area contributed by atoms with E-state index in [-0.39, 0.29) is 54.0 Å². The van der Waals surface area contributed by atoms with Crippen molar-refractivity contribution in [3.63, 3.8) is 0 Å². The van der Waals surface area contributed by atoms with Gasteiger partial charge in [-0.2, -0.15) is 11.8 Å². The van der Waals surface area contributed by atoms with Crippen molar-refractivity contribution in [3.05, 3.63) is 61.7 Å². The van der Waals surface area contributed by atoms with Crippen LogP contribution >= 0.6 is 11.8 Å². The number of nitrogens with zero attached hydrogens (tertiary/aromatic N) is 2. The van der Waals surface area contributed by atoms with Gasteiger partial charge in [0.25, 0.3) is 5.56 Å². The molecule has 1 amide bonds. The smallest absolute Gasteiger partial charge is 0.343 e. The quantitative estimate of drug-likeness (QED) is 0.277. The van der Waals surface area contributed by atoms with Crippen molar-refractivity contribution in [1.29, 1.82) is 0 Å². The largest absolute Gasteiger partial charge is 0.458 e. The zero-order chi connectivity index (χ0) is 27.6. The lowest BCUT2D eigenvalue weighted by atomic mass is 9.81. The van der Waals surface area contributed by atoms with E-state index in [0.717, 1.165) is 33.6 Å². The molecule has 2 N–H and O–H groups in total. The molecule has 8 nitrogen and oxygen atoms in total. The number of carbonyl (C=O) groups is 2. The number of benzene rings is 1. The van der Waals surface area contributed by atoms with Crippen LogP contribution in [0.5, 0.6) is 0 Å². The number of aliphatic hydroxyl groups is 1. The Hall–Kier alpha value is -3.24. The fourth-order valence-corrected chi connectivity index (χ4v) is 6.89. The average molecular weight is 552 g/mol. The van der Waals surface area contributed by atoms with Gasteiger partial charge in [0.05, 0.1) is 35.1 Å². The summed E-state index contributed by atoms with van der Waals surface area (Å²) >= 11 is 1.71.